The van der Waals surface area contributed by atoms with Crippen molar-refractivity contribution in [3.63, 3.8) is 0 Å². The highest BCUT2D eigenvalue weighted by molar-refractivity contribution is 7.86. The summed E-state index contributed by atoms with van der Waals surface area (Å²) in [4.78, 5) is 17.2. The summed E-state index contributed by atoms with van der Waals surface area (Å²) in [6.07, 6.45) is 0. The van der Waals surface area contributed by atoms with Crippen molar-refractivity contribution in [2.75, 3.05) is 37.5 Å². The summed E-state index contributed by atoms with van der Waals surface area (Å²) < 4.78 is 150. The molecule has 0 aliphatic heterocycles. The van der Waals surface area contributed by atoms with Crippen molar-refractivity contribution in [2.45, 2.75) is 26.5 Å². The number of aromatic hydroxyl groups is 1. The molecule has 5 aromatic carbocycles. The second-order valence-electron chi connectivity index (χ2n) is 13.0. The van der Waals surface area contributed by atoms with Crippen LogP contribution in [0.2, 0.25) is 0 Å². The van der Waals surface area contributed by atoms with Crippen molar-refractivity contribution in [3.05, 3.63) is 70.8 Å². The van der Waals surface area contributed by atoms with Crippen LogP contribution in [0.15, 0.2) is 111 Å². The number of phenolic OH excluding ortho intramolecular Hbond substituents is 1. The van der Waals surface area contributed by atoms with Crippen LogP contribution in [0.25, 0.3) is 10.8 Å². The number of ether oxygens (including phenoxy) is 2. The third-order valence-corrected chi connectivity index (χ3v) is 11.9. The molecule has 29 nitrogen and oxygen atoms in total. The van der Waals surface area contributed by atoms with E-state index in [1.807, 2.05) is 0 Å². The maximum absolute atomic E-state index is 12.7. The number of nitro benzene ring substituents is 1. The number of hydrogen-bond donors (Lipinski definition) is 9. The lowest BCUT2D eigenvalue weighted by Gasteiger charge is -2.15. The molecule has 0 aliphatic rings. The molecule has 0 fully saturated rings. The number of carbonyl (C=O) groups excluding carboxylic acids is 1. The number of nitro groups is 1. The molecule has 0 atom stereocenters. The number of nitrogens with one attached hydrogen (secondary N) is 1. The third-order valence-electron chi connectivity index (χ3n) is 8.38. The topological polar surface area (TPSA) is 469 Å². The monoisotopic (exact) mass is 1010 g/mol. The van der Waals surface area contributed by atoms with E-state index in [1.165, 1.54) is 6.07 Å². The number of nitrogens with two attached hydrogens (primary N) is 1. The van der Waals surface area contributed by atoms with Crippen LogP contribution in [0.3, 0.4) is 0 Å². The number of nitrogens with zero attached hydrogens (tertiary/aromatic N) is 7. The lowest BCUT2D eigenvalue weighted by molar-refractivity contribution is -0.385. The molecule has 356 valence electrons. The zero-order valence-corrected chi connectivity index (χ0v) is 36.6. The Kier molecular flexibility index (Phi) is 14.9. The number of hydrogen-bond acceptors (Lipinski definition) is 23. The second-order valence-corrected chi connectivity index (χ2v) is 18.6. The fourth-order valence-corrected chi connectivity index (χ4v) is 8.27. The molecule has 5 aromatic rings. The van der Waals surface area contributed by atoms with Crippen LogP contribution < -0.4 is 20.5 Å². The van der Waals surface area contributed by atoms with Gasteiger partial charge in [0.25, 0.3) is 46.2 Å². The van der Waals surface area contributed by atoms with Crippen molar-refractivity contribution < 1.29 is 86.4 Å². The summed E-state index contributed by atoms with van der Waals surface area (Å²) in [6, 6.07) is 8.02. The van der Waals surface area contributed by atoms with Gasteiger partial charge in [-0.05, 0) is 41.8 Å². The van der Waals surface area contributed by atoms with Gasteiger partial charge < -0.3 is 35.8 Å². The Bertz CT molecular complexity index is 3400. The molecule has 0 saturated heterocycles. The van der Waals surface area contributed by atoms with Crippen molar-refractivity contribution in [1.29, 1.82) is 0 Å². The van der Waals surface area contributed by atoms with Crippen LogP contribution in [0, 0.1) is 10.1 Å². The van der Waals surface area contributed by atoms with Crippen molar-refractivity contribution in [2.24, 2.45) is 30.7 Å². The van der Waals surface area contributed by atoms with E-state index in [-0.39, 0.29) is 22.9 Å². The van der Waals surface area contributed by atoms with Gasteiger partial charge in [0.15, 0.2) is 5.75 Å². The minimum Gasteiger partial charge on any atom is -0.505 e. The van der Waals surface area contributed by atoms with Crippen molar-refractivity contribution in [1.82, 2.24) is 0 Å². The minimum atomic E-state index is -5.47. The molecular formula is C34H31N9O20S4. The lowest BCUT2D eigenvalue weighted by atomic mass is 10.1. The fraction of sp³-hybridized carbons (Fsp3) is 0.147. The second kappa shape index (κ2) is 19.7. The predicted molar refractivity (Wildman–Crippen MR) is 227 cm³/mol. The third kappa shape index (κ3) is 12.0. The predicted octanol–water partition coefficient (Wildman–Crippen LogP) is 4.97. The highest BCUT2D eigenvalue weighted by atomic mass is 32.2. The number of aliphatic hydroxyl groups is 2. The first-order valence-corrected chi connectivity index (χ1v) is 23.5. The Balaban J connectivity index is 1.74. The van der Waals surface area contributed by atoms with Crippen LogP contribution >= 0.6 is 0 Å². The largest absolute Gasteiger partial charge is 0.505 e. The Labute approximate surface area is 376 Å². The van der Waals surface area contributed by atoms with Gasteiger partial charge in [0.1, 0.15) is 78.4 Å². The molecule has 0 saturated carbocycles. The average Bonchev–Trinajstić information content (AvgIpc) is 3.22. The number of azo groups is 3. The highest BCUT2D eigenvalue weighted by Gasteiger charge is 2.29. The number of anilines is 2. The summed E-state index contributed by atoms with van der Waals surface area (Å²) in [5.74, 6) is -2.55. The maximum Gasteiger partial charge on any atom is 0.297 e. The molecule has 0 spiro atoms. The molecule has 5 rings (SSSR count). The number of nitrogen functional groups attached to an aromatic ring is 1. The number of fused-ring (bicyclic) bond motifs is 1. The van der Waals surface area contributed by atoms with E-state index in [0.717, 1.165) is 37.3 Å². The van der Waals surface area contributed by atoms with Gasteiger partial charge in [0, 0.05) is 36.9 Å². The highest BCUT2D eigenvalue weighted by Crippen LogP contribution is 2.49. The molecule has 1 amide bonds. The molecule has 67 heavy (non-hydrogen) atoms. The van der Waals surface area contributed by atoms with Crippen LogP contribution in [-0.4, -0.2) is 104 Å². The average molecular weight is 1010 g/mol. The summed E-state index contributed by atoms with van der Waals surface area (Å²) in [5.41, 5.74) is 0.168. The molecule has 33 heteroatoms. The SMILES string of the molecule is CC(=O)Nc1ccc(N=Nc2cc(OCCO)c(N=Nc3c(S(=O)(=O)O)cc4cc(S(=O)(=O)O)c(N=Nc5ccc([N+](=O)[O-])cc5S(=O)(=O)O)c(N)c4c3O)cc2OCCO)c(S(=O)(=O)O)c1. The normalized spacial score (nSPS) is 12.6. The van der Waals surface area contributed by atoms with E-state index in [1.54, 1.807) is 0 Å². The lowest BCUT2D eigenvalue weighted by Crippen LogP contribution is -2.07. The number of benzene rings is 5. The van der Waals surface area contributed by atoms with E-state index >= 15 is 0 Å². The van der Waals surface area contributed by atoms with Gasteiger partial charge >= 0.3 is 0 Å². The van der Waals surface area contributed by atoms with Gasteiger partial charge in [-0.15, -0.1) is 30.7 Å². The van der Waals surface area contributed by atoms with E-state index < -0.39 is 154 Å². The standard InChI is InChI=1S/C34H31N9O20S4/c1-16(46)36-18-2-4-20(26(12-18)64(50,51)52)37-39-22-14-25(63-9-7-45)23(15-24(22)62-8-6-44)40-42-33-29(67(59,60)61)11-17-10-28(66(56,57)58)32(31(35)30(17)34(33)47)41-38-21-5-3-19(43(48)49)13-27(21)65(53,54)55/h2-5,10-15,44-45,47H,6-9,35H2,1H3,(H,36,46)(H,50,51,52)(H,53,54,55)(H,56,57,58)(H,59,60,61). The maximum atomic E-state index is 12.7. The molecule has 0 unspecified atom stereocenters. The zero-order valence-electron chi connectivity index (χ0n) is 33.4. The number of phenols is 1. The Morgan fingerprint density at radius 1 is 0.642 bits per heavy atom. The molecule has 0 aliphatic carbocycles. The minimum absolute atomic E-state index is 0.0388. The first kappa shape index (κ1) is 50.8. The fourth-order valence-electron chi connectivity index (χ4n) is 5.65. The van der Waals surface area contributed by atoms with Crippen LogP contribution in [0.5, 0.6) is 17.2 Å². The van der Waals surface area contributed by atoms with Gasteiger partial charge in [-0.25, -0.2) is 0 Å². The van der Waals surface area contributed by atoms with E-state index in [9.17, 15) is 82.1 Å². The summed E-state index contributed by atoms with van der Waals surface area (Å²) >= 11 is 0. The Hall–Kier alpha value is -7.21. The van der Waals surface area contributed by atoms with Gasteiger partial charge in [0.05, 0.1) is 29.2 Å². The van der Waals surface area contributed by atoms with E-state index in [2.05, 4.69) is 36.0 Å². The van der Waals surface area contributed by atoms with E-state index in [0.29, 0.717) is 24.3 Å². The Morgan fingerprint density at radius 2 is 1.07 bits per heavy atom. The van der Waals surface area contributed by atoms with Gasteiger partial charge in [-0.1, -0.05) is 0 Å². The number of rotatable bonds is 18. The van der Waals surface area contributed by atoms with Gasteiger partial charge in [-0.3, -0.25) is 33.1 Å². The molecule has 0 radical (unpaired) electrons. The van der Waals surface area contributed by atoms with Crippen molar-refractivity contribution in [3.8, 4) is 17.2 Å². The van der Waals surface area contributed by atoms with Gasteiger partial charge in [0.2, 0.25) is 5.91 Å². The van der Waals surface area contributed by atoms with Crippen LogP contribution in [0.4, 0.5) is 51.2 Å². The molecule has 10 N–H and O–H groups in total. The summed E-state index contributed by atoms with van der Waals surface area (Å²) in [5, 5.41) is 65.3. The number of amides is 1. The molecule has 0 heterocycles. The molecule has 0 bridgehead atoms. The van der Waals surface area contributed by atoms with Gasteiger partial charge in [-0.2, -0.15) is 33.7 Å². The molecular weight excluding hydrogens is 983 g/mol. The number of non-ortho nitro benzene ring substituents is 1. The quantitative estimate of drug-likeness (QED) is 0.0184. The first-order valence-electron chi connectivity index (χ1n) is 17.8. The summed E-state index contributed by atoms with van der Waals surface area (Å²) in [6.45, 7) is -1.00. The smallest absolute Gasteiger partial charge is 0.297 e. The van der Waals surface area contributed by atoms with Crippen LogP contribution in [-0.2, 0) is 45.3 Å². The Morgan fingerprint density at radius 3 is 1.55 bits per heavy atom. The zero-order chi connectivity index (χ0) is 49.8. The van der Waals surface area contributed by atoms with E-state index in [4.69, 9.17) is 15.2 Å². The first-order chi connectivity index (χ1) is 31.1. The summed E-state index contributed by atoms with van der Waals surface area (Å²) in [7, 11) is -21.2. The van der Waals surface area contributed by atoms with Crippen LogP contribution in [0.1, 0.15) is 6.92 Å². The number of aliphatic hydroxyl groups excluding tert-OH is 2. The number of carbonyl (C=O) groups is 1. The molecule has 0 aromatic heterocycles. The van der Waals surface area contributed by atoms with Crippen molar-refractivity contribution >= 4 is 108 Å².